The molecule has 0 bridgehead atoms. The van der Waals surface area contributed by atoms with Crippen molar-refractivity contribution in [1.82, 2.24) is 9.80 Å². The van der Waals surface area contributed by atoms with Crippen molar-refractivity contribution in [3.8, 4) is 0 Å². The Bertz CT molecular complexity index is 230. The molecule has 0 aromatic heterocycles. The second-order valence-corrected chi connectivity index (χ2v) is 4.43. The summed E-state index contributed by atoms with van der Waals surface area (Å²) in [6, 6.07) is 0.0746. The van der Waals surface area contributed by atoms with Gasteiger partial charge in [0.05, 0.1) is 6.04 Å². The van der Waals surface area contributed by atoms with Gasteiger partial charge in [-0.1, -0.05) is 13.8 Å². The number of likely N-dealkylation sites (tertiary alicyclic amines) is 1. The van der Waals surface area contributed by atoms with Crippen molar-refractivity contribution in [2.75, 3.05) is 32.7 Å². The second-order valence-electron chi connectivity index (χ2n) is 4.43. The predicted molar refractivity (Wildman–Crippen MR) is 64.9 cm³/mol. The van der Waals surface area contributed by atoms with E-state index in [1.165, 1.54) is 0 Å². The largest absolute Gasteiger partial charge is 0.368 e. The van der Waals surface area contributed by atoms with Crippen LogP contribution in [-0.2, 0) is 4.79 Å². The lowest BCUT2D eigenvalue weighted by Gasteiger charge is -2.26. The number of amides is 1. The quantitative estimate of drug-likeness (QED) is 0.625. The SMILES string of the molecule is CCN(CC)C1CCN(CC(N)C(N)=O)C1. The van der Waals surface area contributed by atoms with Crippen LogP contribution in [0.1, 0.15) is 20.3 Å². The van der Waals surface area contributed by atoms with Crippen LogP contribution in [0.15, 0.2) is 0 Å². The first-order valence-electron chi connectivity index (χ1n) is 6.09. The summed E-state index contributed by atoms with van der Waals surface area (Å²) in [5, 5.41) is 0. The van der Waals surface area contributed by atoms with Crippen molar-refractivity contribution >= 4 is 5.91 Å². The number of primary amides is 1. The molecule has 5 nitrogen and oxygen atoms in total. The van der Waals surface area contributed by atoms with Crippen molar-refractivity contribution in [1.29, 1.82) is 0 Å². The number of nitrogens with two attached hydrogens (primary N) is 2. The summed E-state index contributed by atoms with van der Waals surface area (Å²) in [5.41, 5.74) is 10.8. The number of carbonyl (C=O) groups excluding carboxylic acids is 1. The Morgan fingerprint density at radius 2 is 2.12 bits per heavy atom. The minimum absolute atomic E-state index is 0.411. The fraction of sp³-hybridized carbons (Fsp3) is 0.909. The van der Waals surface area contributed by atoms with Crippen LogP contribution in [0.2, 0.25) is 0 Å². The average Bonchev–Trinajstić information content (AvgIpc) is 2.68. The average molecular weight is 228 g/mol. The van der Waals surface area contributed by atoms with Crippen LogP contribution in [0.5, 0.6) is 0 Å². The molecule has 0 aromatic carbocycles. The Morgan fingerprint density at radius 3 is 2.62 bits per heavy atom. The van der Waals surface area contributed by atoms with E-state index in [4.69, 9.17) is 11.5 Å². The van der Waals surface area contributed by atoms with Gasteiger partial charge in [0, 0.05) is 19.1 Å². The molecule has 0 aliphatic carbocycles. The molecular formula is C11H24N4O. The lowest BCUT2D eigenvalue weighted by Crippen LogP contribution is -2.46. The number of hydrogen-bond donors (Lipinski definition) is 2. The minimum Gasteiger partial charge on any atom is -0.368 e. The lowest BCUT2D eigenvalue weighted by molar-refractivity contribution is -0.119. The molecule has 1 rings (SSSR count). The molecule has 1 aliphatic heterocycles. The van der Waals surface area contributed by atoms with Gasteiger partial charge in [0.15, 0.2) is 0 Å². The molecule has 1 saturated heterocycles. The van der Waals surface area contributed by atoms with Crippen molar-refractivity contribution < 1.29 is 4.79 Å². The molecule has 1 amide bonds. The number of nitrogens with zero attached hydrogens (tertiary/aromatic N) is 2. The molecule has 16 heavy (non-hydrogen) atoms. The standard InChI is InChI=1S/C11H24N4O/c1-3-15(4-2)9-5-6-14(7-9)8-10(12)11(13)16/h9-10H,3-8,12H2,1-2H3,(H2,13,16). The van der Waals surface area contributed by atoms with Crippen LogP contribution < -0.4 is 11.5 Å². The molecule has 5 heteroatoms. The third-order valence-corrected chi connectivity index (χ3v) is 3.40. The lowest BCUT2D eigenvalue weighted by atomic mass is 10.2. The van der Waals surface area contributed by atoms with Gasteiger partial charge in [-0.2, -0.15) is 0 Å². The van der Waals surface area contributed by atoms with Crippen LogP contribution in [0.25, 0.3) is 0 Å². The maximum atomic E-state index is 10.9. The molecule has 0 spiro atoms. The molecule has 2 atom stereocenters. The highest BCUT2D eigenvalue weighted by Gasteiger charge is 2.27. The smallest absolute Gasteiger partial charge is 0.235 e. The van der Waals surface area contributed by atoms with Gasteiger partial charge >= 0.3 is 0 Å². The van der Waals surface area contributed by atoms with Crippen molar-refractivity contribution in [3.63, 3.8) is 0 Å². The van der Waals surface area contributed by atoms with E-state index in [0.717, 1.165) is 32.6 Å². The Balaban J connectivity index is 2.37. The molecule has 0 aromatic rings. The number of hydrogen-bond acceptors (Lipinski definition) is 4. The Morgan fingerprint density at radius 1 is 1.50 bits per heavy atom. The maximum Gasteiger partial charge on any atom is 0.235 e. The van der Waals surface area contributed by atoms with E-state index in [1.807, 2.05) is 0 Å². The maximum absolute atomic E-state index is 10.9. The summed E-state index contributed by atoms with van der Waals surface area (Å²) in [5.74, 6) is -0.411. The predicted octanol–water partition coefficient (Wildman–Crippen LogP) is -0.785. The Hall–Kier alpha value is -0.650. The minimum atomic E-state index is -0.532. The molecule has 2 unspecified atom stereocenters. The van der Waals surface area contributed by atoms with E-state index in [2.05, 4.69) is 23.6 Å². The van der Waals surface area contributed by atoms with Gasteiger partial charge in [-0.15, -0.1) is 0 Å². The van der Waals surface area contributed by atoms with E-state index in [9.17, 15) is 4.79 Å². The highest BCUT2D eigenvalue weighted by Crippen LogP contribution is 2.15. The van der Waals surface area contributed by atoms with Crippen LogP contribution in [0, 0.1) is 0 Å². The van der Waals surface area contributed by atoms with E-state index < -0.39 is 11.9 Å². The monoisotopic (exact) mass is 228 g/mol. The van der Waals surface area contributed by atoms with Gasteiger partial charge in [0.2, 0.25) is 5.91 Å². The van der Waals surface area contributed by atoms with Crippen molar-refractivity contribution in [2.45, 2.75) is 32.4 Å². The molecule has 1 heterocycles. The van der Waals surface area contributed by atoms with Gasteiger partial charge in [-0.3, -0.25) is 14.6 Å². The van der Waals surface area contributed by atoms with Gasteiger partial charge in [0.1, 0.15) is 0 Å². The third kappa shape index (κ3) is 3.43. The molecule has 1 aliphatic rings. The first kappa shape index (κ1) is 13.4. The van der Waals surface area contributed by atoms with Gasteiger partial charge in [-0.05, 0) is 26.1 Å². The summed E-state index contributed by atoms with van der Waals surface area (Å²) in [7, 11) is 0. The summed E-state index contributed by atoms with van der Waals surface area (Å²) in [6.45, 7) is 9.13. The first-order chi connectivity index (χ1) is 7.58. The summed E-state index contributed by atoms with van der Waals surface area (Å²) in [6.07, 6.45) is 1.16. The first-order valence-corrected chi connectivity index (χ1v) is 6.09. The molecule has 0 radical (unpaired) electrons. The Kier molecular flexibility index (Phi) is 5.18. The summed E-state index contributed by atoms with van der Waals surface area (Å²) < 4.78 is 0. The molecule has 0 saturated carbocycles. The molecule has 94 valence electrons. The van der Waals surface area contributed by atoms with Crippen LogP contribution in [0.4, 0.5) is 0 Å². The third-order valence-electron chi connectivity index (χ3n) is 3.40. The zero-order valence-corrected chi connectivity index (χ0v) is 10.4. The van der Waals surface area contributed by atoms with E-state index in [0.29, 0.717) is 12.6 Å². The zero-order valence-electron chi connectivity index (χ0n) is 10.4. The number of likely N-dealkylation sites (N-methyl/N-ethyl adjacent to an activating group) is 1. The van der Waals surface area contributed by atoms with Crippen LogP contribution in [-0.4, -0.2) is 60.5 Å². The van der Waals surface area contributed by atoms with Crippen LogP contribution >= 0.6 is 0 Å². The van der Waals surface area contributed by atoms with E-state index in [-0.39, 0.29) is 0 Å². The van der Waals surface area contributed by atoms with Gasteiger partial charge in [-0.25, -0.2) is 0 Å². The number of rotatable bonds is 6. The fourth-order valence-electron chi connectivity index (χ4n) is 2.38. The van der Waals surface area contributed by atoms with E-state index >= 15 is 0 Å². The molecule has 4 N–H and O–H groups in total. The van der Waals surface area contributed by atoms with Crippen LogP contribution in [0.3, 0.4) is 0 Å². The van der Waals surface area contributed by atoms with E-state index in [1.54, 1.807) is 0 Å². The molecular weight excluding hydrogens is 204 g/mol. The van der Waals surface area contributed by atoms with Crippen molar-refractivity contribution in [2.24, 2.45) is 11.5 Å². The van der Waals surface area contributed by atoms with Crippen molar-refractivity contribution in [3.05, 3.63) is 0 Å². The summed E-state index contributed by atoms with van der Waals surface area (Å²) in [4.78, 5) is 15.6. The highest BCUT2D eigenvalue weighted by atomic mass is 16.1. The Labute approximate surface area is 97.7 Å². The summed E-state index contributed by atoms with van der Waals surface area (Å²) >= 11 is 0. The topological polar surface area (TPSA) is 75.6 Å². The highest BCUT2D eigenvalue weighted by molar-refractivity contribution is 5.79. The normalized spacial score (nSPS) is 23.9. The van der Waals surface area contributed by atoms with Gasteiger partial charge < -0.3 is 11.5 Å². The molecule has 1 fully saturated rings. The zero-order chi connectivity index (χ0) is 12.1. The van der Waals surface area contributed by atoms with Gasteiger partial charge in [0.25, 0.3) is 0 Å². The second kappa shape index (κ2) is 6.18. The number of carbonyl (C=O) groups is 1. The fourth-order valence-corrected chi connectivity index (χ4v) is 2.38.